The summed E-state index contributed by atoms with van der Waals surface area (Å²) in [6.45, 7) is 3.86. The Hall–Kier alpha value is -3.69. The summed E-state index contributed by atoms with van der Waals surface area (Å²) in [7, 11) is 0. The van der Waals surface area contributed by atoms with E-state index in [2.05, 4.69) is 17.2 Å². The highest BCUT2D eigenvalue weighted by Crippen LogP contribution is 2.18. The van der Waals surface area contributed by atoms with Gasteiger partial charge in [0.2, 0.25) is 23.6 Å². The lowest BCUT2D eigenvalue weighted by Crippen LogP contribution is -2.56. The molecule has 5 N–H and O–H groups in total. The molecular weight excluding hydrogens is 416 g/mol. The van der Waals surface area contributed by atoms with Crippen molar-refractivity contribution < 1.29 is 29.1 Å². The summed E-state index contributed by atoms with van der Waals surface area (Å²) >= 11 is 0. The number of nitrogens with two attached hydrogens (primary N) is 1. The van der Waals surface area contributed by atoms with Crippen molar-refractivity contribution in [1.82, 2.24) is 15.5 Å². The van der Waals surface area contributed by atoms with Gasteiger partial charge < -0.3 is 26.4 Å². The summed E-state index contributed by atoms with van der Waals surface area (Å²) in [6, 6.07) is 5.75. The van der Waals surface area contributed by atoms with E-state index in [9.17, 15) is 29.1 Å². The molecule has 0 bridgehead atoms. The maximum atomic E-state index is 12.9. The molecule has 10 nitrogen and oxygen atoms in total. The number of carboxylic acids is 1. The average Bonchev–Trinajstić information content (AvgIpc) is 3.26. The second-order valence-electron chi connectivity index (χ2n) is 7.55. The Bertz CT molecular complexity index is 872. The van der Waals surface area contributed by atoms with Gasteiger partial charge in [0.1, 0.15) is 18.1 Å². The third-order valence-corrected chi connectivity index (χ3v) is 5.22. The normalized spacial score (nSPS) is 17.1. The van der Waals surface area contributed by atoms with Crippen molar-refractivity contribution in [3.05, 3.63) is 48.6 Å². The Morgan fingerprint density at radius 1 is 1.16 bits per heavy atom. The van der Waals surface area contributed by atoms with Crippen LogP contribution in [0.3, 0.4) is 0 Å². The number of nitrogens with zero attached hydrogens (tertiary/aromatic N) is 1. The molecule has 1 saturated heterocycles. The van der Waals surface area contributed by atoms with Crippen molar-refractivity contribution in [2.24, 2.45) is 5.73 Å². The Labute approximate surface area is 185 Å². The Morgan fingerprint density at radius 2 is 1.84 bits per heavy atom. The highest BCUT2D eigenvalue weighted by molar-refractivity contribution is 5.95. The van der Waals surface area contributed by atoms with Crippen LogP contribution in [0.15, 0.2) is 43.0 Å². The monoisotopic (exact) mass is 444 g/mol. The molecule has 172 valence electrons. The highest BCUT2D eigenvalue weighted by atomic mass is 16.4. The van der Waals surface area contributed by atoms with Crippen LogP contribution in [-0.2, 0) is 30.4 Å². The summed E-state index contributed by atoms with van der Waals surface area (Å²) in [5.74, 6) is -3.59. The van der Waals surface area contributed by atoms with Gasteiger partial charge in [0.25, 0.3) is 0 Å². The summed E-state index contributed by atoms with van der Waals surface area (Å²) in [5, 5.41) is 14.4. The number of benzene rings is 1. The molecule has 4 amide bonds. The maximum Gasteiger partial charge on any atom is 0.326 e. The van der Waals surface area contributed by atoms with E-state index in [1.165, 1.54) is 4.90 Å². The lowest BCUT2D eigenvalue weighted by atomic mass is 10.0. The summed E-state index contributed by atoms with van der Waals surface area (Å²) in [5.41, 5.74) is 5.83. The minimum atomic E-state index is -1.34. The number of carbonyl (C=O) groups excluding carboxylic acids is 4. The molecular formula is C22H28N4O6. The zero-order chi connectivity index (χ0) is 23.7. The first-order chi connectivity index (χ1) is 15.2. The lowest BCUT2D eigenvalue weighted by molar-refractivity contribution is -0.143. The van der Waals surface area contributed by atoms with Crippen molar-refractivity contribution in [1.29, 1.82) is 0 Å². The van der Waals surface area contributed by atoms with Crippen molar-refractivity contribution in [3.63, 3.8) is 0 Å². The molecule has 0 radical (unpaired) electrons. The summed E-state index contributed by atoms with van der Waals surface area (Å²) in [4.78, 5) is 61.8. The van der Waals surface area contributed by atoms with Gasteiger partial charge in [0.15, 0.2) is 0 Å². The van der Waals surface area contributed by atoms with Gasteiger partial charge in [-0.15, -0.1) is 0 Å². The van der Waals surface area contributed by atoms with Gasteiger partial charge in [0, 0.05) is 19.4 Å². The number of primary amides is 1. The first-order valence-electron chi connectivity index (χ1n) is 10.3. The number of carboxylic acid groups (broad SMARTS) is 1. The number of nitrogens with one attached hydrogen (secondary N) is 2. The number of likely N-dealkylation sites (tertiary alicyclic amines) is 1. The zero-order valence-corrected chi connectivity index (χ0v) is 17.7. The molecule has 2 rings (SSSR count). The van der Waals surface area contributed by atoms with E-state index in [0.29, 0.717) is 19.4 Å². The first-order valence-corrected chi connectivity index (χ1v) is 10.3. The average molecular weight is 444 g/mol. The van der Waals surface area contributed by atoms with Crippen LogP contribution in [-0.4, -0.2) is 64.3 Å². The SMILES string of the molecule is C=CC(=O)N1CCC[C@H]1C(=O)N[C@@H](Cc1ccccc1)C(=O)N[C@@H](CCC(N)=O)C(=O)O. The Morgan fingerprint density at radius 3 is 2.44 bits per heavy atom. The second kappa shape index (κ2) is 11.6. The molecule has 0 aromatic heterocycles. The van der Waals surface area contributed by atoms with Gasteiger partial charge in [-0.1, -0.05) is 36.9 Å². The predicted octanol–water partition coefficient (Wildman–Crippen LogP) is -0.274. The van der Waals surface area contributed by atoms with E-state index in [1.807, 2.05) is 0 Å². The molecule has 1 aliphatic rings. The minimum Gasteiger partial charge on any atom is -0.480 e. The fourth-order valence-electron chi connectivity index (χ4n) is 3.56. The molecule has 0 aliphatic carbocycles. The fraction of sp³-hybridized carbons (Fsp3) is 0.409. The topological polar surface area (TPSA) is 159 Å². The van der Waals surface area contributed by atoms with E-state index in [-0.39, 0.29) is 25.2 Å². The molecule has 0 spiro atoms. The van der Waals surface area contributed by atoms with Gasteiger partial charge >= 0.3 is 5.97 Å². The van der Waals surface area contributed by atoms with Crippen LogP contribution in [0, 0.1) is 0 Å². The largest absolute Gasteiger partial charge is 0.480 e. The van der Waals surface area contributed by atoms with E-state index >= 15 is 0 Å². The smallest absolute Gasteiger partial charge is 0.326 e. The molecule has 0 saturated carbocycles. The van der Waals surface area contributed by atoms with E-state index in [1.54, 1.807) is 30.3 Å². The zero-order valence-electron chi connectivity index (χ0n) is 17.7. The van der Waals surface area contributed by atoms with Crippen molar-refractivity contribution in [2.75, 3.05) is 6.54 Å². The quantitative estimate of drug-likeness (QED) is 0.344. The second-order valence-corrected chi connectivity index (χ2v) is 7.55. The minimum absolute atomic E-state index is 0.114. The van der Waals surface area contributed by atoms with Crippen LogP contribution in [0.1, 0.15) is 31.2 Å². The van der Waals surface area contributed by atoms with Crippen LogP contribution < -0.4 is 16.4 Å². The molecule has 0 unspecified atom stereocenters. The van der Waals surface area contributed by atoms with E-state index in [4.69, 9.17) is 5.73 Å². The van der Waals surface area contributed by atoms with Crippen LogP contribution in [0.2, 0.25) is 0 Å². The third-order valence-electron chi connectivity index (χ3n) is 5.22. The molecule has 32 heavy (non-hydrogen) atoms. The van der Waals surface area contributed by atoms with Gasteiger partial charge in [-0.2, -0.15) is 0 Å². The molecule has 1 fully saturated rings. The third kappa shape index (κ3) is 6.93. The van der Waals surface area contributed by atoms with Crippen molar-refractivity contribution >= 4 is 29.6 Å². The number of rotatable bonds is 11. The predicted molar refractivity (Wildman–Crippen MR) is 115 cm³/mol. The molecule has 1 aromatic rings. The summed E-state index contributed by atoms with van der Waals surface area (Å²) < 4.78 is 0. The van der Waals surface area contributed by atoms with Crippen molar-refractivity contribution in [2.45, 2.75) is 50.2 Å². The highest BCUT2D eigenvalue weighted by Gasteiger charge is 2.35. The van der Waals surface area contributed by atoms with Gasteiger partial charge in [-0.25, -0.2) is 4.79 Å². The van der Waals surface area contributed by atoms with Crippen molar-refractivity contribution in [3.8, 4) is 0 Å². The first kappa shape index (κ1) is 24.6. The van der Waals surface area contributed by atoms with Crippen LogP contribution in [0.4, 0.5) is 0 Å². The van der Waals surface area contributed by atoms with Gasteiger partial charge in [0.05, 0.1) is 0 Å². The maximum absolute atomic E-state index is 12.9. The van der Waals surface area contributed by atoms with E-state index in [0.717, 1.165) is 11.6 Å². The van der Waals surface area contributed by atoms with E-state index < -0.39 is 41.8 Å². The number of carbonyl (C=O) groups is 5. The van der Waals surface area contributed by atoms with Gasteiger partial charge in [-0.05, 0) is 30.9 Å². The Balaban J connectivity index is 2.17. The van der Waals surface area contributed by atoms with Gasteiger partial charge in [-0.3, -0.25) is 19.2 Å². The fourth-order valence-corrected chi connectivity index (χ4v) is 3.56. The molecule has 1 aromatic carbocycles. The molecule has 1 heterocycles. The molecule has 10 heteroatoms. The number of aliphatic carboxylic acids is 1. The Kier molecular flexibility index (Phi) is 8.94. The van der Waals surface area contributed by atoms with Crippen LogP contribution >= 0.6 is 0 Å². The summed E-state index contributed by atoms with van der Waals surface area (Å²) in [6.07, 6.45) is 1.95. The molecule has 3 atom stereocenters. The number of amides is 4. The molecule has 1 aliphatic heterocycles. The number of hydrogen-bond acceptors (Lipinski definition) is 5. The standard InChI is InChI=1S/C22H28N4O6/c1-2-19(28)26-12-6-9-17(26)21(30)25-16(13-14-7-4-3-5-8-14)20(29)24-15(22(31)32)10-11-18(23)27/h2-5,7-8,15-17H,1,6,9-13H2,(H2,23,27)(H,24,29)(H,25,30)(H,31,32)/t15-,16-,17-/m0/s1. The van der Waals surface area contributed by atoms with Crippen LogP contribution in [0.25, 0.3) is 0 Å². The van der Waals surface area contributed by atoms with Crippen LogP contribution in [0.5, 0.6) is 0 Å². The lowest BCUT2D eigenvalue weighted by Gasteiger charge is -2.26. The number of hydrogen-bond donors (Lipinski definition) is 4.